The number of hydrogen-bond acceptors (Lipinski definition) is 6. The predicted octanol–water partition coefficient (Wildman–Crippen LogP) is 21.1. The van der Waals surface area contributed by atoms with Crippen LogP contribution in [0.3, 0.4) is 0 Å². The molecule has 6 aliphatic rings. The third-order valence-corrected chi connectivity index (χ3v) is 20.0. The average molecular weight is 1250 g/mol. The highest BCUT2D eigenvalue weighted by atomic mass is 16.1. The first-order valence-electron chi connectivity index (χ1n) is 34.4. The molecule has 1 saturated carbocycles. The number of unbranched alkanes of at least 4 members (excludes halogenated alkanes) is 4. The van der Waals surface area contributed by atoms with Crippen LogP contribution in [0.25, 0.3) is 137 Å². The minimum absolute atomic E-state index is 0.0403. The topological polar surface area (TPSA) is 149 Å². The Morgan fingerprint density at radius 1 is 0.344 bits per heavy atom. The number of H-pyrrole nitrogens is 4. The Hall–Kier alpha value is -11.1. The third kappa shape index (κ3) is 11.4. The lowest BCUT2D eigenvalue weighted by molar-refractivity contribution is -0.115. The summed E-state index contributed by atoms with van der Waals surface area (Å²) in [6.07, 6.45) is 31.3. The van der Waals surface area contributed by atoms with Crippen LogP contribution in [-0.4, -0.2) is 51.4 Å². The second kappa shape index (κ2) is 26.0. The molecule has 10 nitrogen and oxygen atoms in total. The van der Waals surface area contributed by atoms with Crippen LogP contribution in [-0.2, 0) is 22.4 Å². The predicted molar refractivity (Wildman–Crippen MR) is 396 cm³/mol. The van der Waals surface area contributed by atoms with Gasteiger partial charge in [-0.1, -0.05) is 161 Å². The van der Waals surface area contributed by atoms with Gasteiger partial charge in [-0.15, -0.1) is 0 Å². The van der Waals surface area contributed by atoms with Crippen LogP contribution in [0.4, 0.5) is 0 Å². The highest BCUT2D eigenvalue weighted by Crippen LogP contribution is 2.46. The number of carbonyl (C=O) groups excluding carboxylic acids is 2. The van der Waals surface area contributed by atoms with Gasteiger partial charge in [-0.3, -0.25) is 9.59 Å². The normalized spacial score (nSPS) is 15.8. The van der Waals surface area contributed by atoms with Crippen LogP contribution >= 0.6 is 0 Å². The molecule has 4 N–H and O–H groups in total. The van der Waals surface area contributed by atoms with Crippen LogP contribution in [0, 0.1) is 5.92 Å². The van der Waals surface area contributed by atoms with E-state index in [0.717, 1.165) is 234 Å². The number of nitrogens with one attached hydrogen (secondary N) is 4. The number of rotatable bonds is 15. The fraction of sp³-hybridized carbons (Fsp3) is 0.186. The zero-order valence-electron chi connectivity index (χ0n) is 54.2. The number of ketones is 2. The molecule has 10 heterocycles. The summed E-state index contributed by atoms with van der Waals surface area (Å²) in [5, 5.41) is 0. The number of carbonyl (C=O) groups is 2. The standard InChI is InChI=1S/C86H74N8O2/c1-3-5-11-29-60-64-36-40-68(87-64)82(58-33-31-53(32-34-58)62-51-59(95)35-50-79(62)96)69-41-37-65(88-69)61(30-12-6-4-2)67-39-43-77(90-67)85(76-42-38-66(60)89-76)63-52-78-83(56-25-17-9-18-26-56)74-47-46-72(92-74)80(54-21-13-7-14-22-54)70-44-45-71(91-70)81(55-23-15-8-16-24-55)73-48-49-75(93-73)84(86(63)94-78)57-27-19-10-20-28-57/h7-10,13-28,35-53,58,87,90,92-93H,3-6,11-12,29-34H2,1-2H3. The summed E-state index contributed by atoms with van der Waals surface area (Å²) in [5.41, 5.74) is 28.7. The minimum Gasteiger partial charge on any atom is -0.355 e. The van der Waals surface area contributed by atoms with Crippen molar-refractivity contribution in [3.63, 3.8) is 0 Å². The Kier molecular flexibility index (Phi) is 16.2. The van der Waals surface area contributed by atoms with E-state index in [-0.39, 0.29) is 23.4 Å². The monoisotopic (exact) mass is 1250 g/mol. The zero-order chi connectivity index (χ0) is 64.6. The van der Waals surface area contributed by atoms with Crippen molar-refractivity contribution in [2.75, 3.05) is 0 Å². The number of benzene rings is 4. The van der Waals surface area contributed by atoms with Gasteiger partial charge in [0.1, 0.15) is 0 Å². The van der Waals surface area contributed by atoms with E-state index in [9.17, 15) is 9.59 Å². The molecule has 2 aliphatic carbocycles. The van der Waals surface area contributed by atoms with E-state index >= 15 is 0 Å². The maximum absolute atomic E-state index is 13.2. The lowest BCUT2D eigenvalue weighted by atomic mass is 9.74. The van der Waals surface area contributed by atoms with E-state index in [1.54, 1.807) is 6.08 Å². The first kappa shape index (κ1) is 59.9. The first-order chi connectivity index (χ1) is 47.3. The molecule has 1 fully saturated rings. The molecule has 96 heavy (non-hydrogen) atoms. The molecule has 4 aliphatic heterocycles. The van der Waals surface area contributed by atoms with Crippen molar-refractivity contribution in [2.45, 2.75) is 96.8 Å². The fourth-order valence-electron chi connectivity index (χ4n) is 15.3. The molecular formula is C86H74N8O2. The summed E-state index contributed by atoms with van der Waals surface area (Å²) in [5.74, 6) is 0.0649. The summed E-state index contributed by atoms with van der Waals surface area (Å²) in [7, 11) is 0. The van der Waals surface area contributed by atoms with Gasteiger partial charge >= 0.3 is 0 Å². The highest BCUT2D eigenvalue weighted by Gasteiger charge is 2.32. The molecule has 0 radical (unpaired) electrons. The molecule has 16 rings (SSSR count). The molecule has 0 spiro atoms. The number of nitrogens with zero attached hydrogens (tertiary/aromatic N) is 4. The molecule has 0 atom stereocenters. The SMILES string of the molecule is CCCCCc1c2nc(c(C3CCC(C4=CC(=O)C=CC4=O)CC3)c3ccc([nH]3)c(CCCCC)c3nc(c(C4=Cc5nc4c(-c4ccccc4)c4ccc([nH]4)c(-c4ccccc4)c4nc(c(-c6ccccc6)c6ccc([nH]6)c5-c5ccccc5)C=C4)c4ccc1[nH]4)C=C3)C=C2. The molecule has 470 valence electrons. The highest BCUT2D eigenvalue weighted by molar-refractivity contribution is 6.17. The first-order valence-corrected chi connectivity index (χ1v) is 34.4. The van der Waals surface area contributed by atoms with Crippen molar-refractivity contribution in [1.82, 2.24) is 39.9 Å². The molecule has 0 saturated heterocycles. The summed E-state index contributed by atoms with van der Waals surface area (Å²) in [6.45, 7) is 4.52. The summed E-state index contributed by atoms with van der Waals surface area (Å²) < 4.78 is 0. The summed E-state index contributed by atoms with van der Waals surface area (Å²) >= 11 is 0. The Morgan fingerprint density at radius 3 is 1.25 bits per heavy atom. The van der Waals surface area contributed by atoms with Crippen LogP contribution < -0.4 is 0 Å². The van der Waals surface area contributed by atoms with Crippen LogP contribution in [0.15, 0.2) is 194 Å². The average Bonchev–Trinajstić information content (AvgIpc) is 1.59. The fourth-order valence-corrected chi connectivity index (χ4v) is 15.3. The molecule has 0 unspecified atom stereocenters. The van der Waals surface area contributed by atoms with Crippen LogP contribution in [0.5, 0.6) is 0 Å². The molecule has 10 aromatic rings. The lowest BCUT2D eigenvalue weighted by Gasteiger charge is -2.30. The Balaban J connectivity index is 1.01. The molecule has 6 aromatic heterocycles. The van der Waals surface area contributed by atoms with Crippen molar-refractivity contribution in [3.8, 4) is 44.5 Å². The van der Waals surface area contributed by atoms with Gasteiger partial charge < -0.3 is 19.9 Å². The van der Waals surface area contributed by atoms with Gasteiger partial charge in [0.15, 0.2) is 11.6 Å². The van der Waals surface area contributed by atoms with Crippen LogP contribution in [0.1, 0.15) is 152 Å². The number of allylic oxidation sites excluding steroid dienone is 4. The van der Waals surface area contributed by atoms with Gasteiger partial charge in [-0.25, -0.2) is 19.9 Å². The van der Waals surface area contributed by atoms with E-state index in [2.05, 4.69) is 246 Å². The molecule has 0 amide bonds. The lowest BCUT2D eigenvalue weighted by Crippen LogP contribution is -2.21. The maximum atomic E-state index is 13.2. The van der Waals surface area contributed by atoms with Gasteiger partial charge in [0.2, 0.25) is 0 Å². The van der Waals surface area contributed by atoms with E-state index < -0.39 is 0 Å². The largest absolute Gasteiger partial charge is 0.355 e. The number of aromatic nitrogens is 8. The zero-order valence-corrected chi connectivity index (χ0v) is 54.2. The van der Waals surface area contributed by atoms with Gasteiger partial charge in [0.05, 0.1) is 45.6 Å². The van der Waals surface area contributed by atoms with E-state index in [0.29, 0.717) is 5.57 Å². The molecule has 10 heteroatoms. The summed E-state index contributed by atoms with van der Waals surface area (Å²) in [6, 6.07) is 60.3. The van der Waals surface area contributed by atoms with E-state index in [4.69, 9.17) is 19.9 Å². The van der Waals surface area contributed by atoms with Gasteiger partial charge in [0, 0.05) is 99.8 Å². The molecule has 4 aromatic carbocycles. The summed E-state index contributed by atoms with van der Waals surface area (Å²) in [4.78, 5) is 65.1. The molecule has 16 bridgehead atoms. The van der Waals surface area contributed by atoms with Crippen LogP contribution in [0.2, 0.25) is 0 Å². The second-order valence-electron chi connectivity index (χ2n) is 26.1. The Bertz CT molecular complexity index is 5290. The van der Waals surface area contributed by atoms with Crippen molar-refractivity contribution in [3.05, 3.63) is 261 Å². The third-order valence-electron chi connectivity index (χ3n) is 20.0. The Morgan fingerprint density at radius 2 is 0.729 bits per heavy atom. The number of aryl methyl sites for hydroxylation is 2. The van der Waals surface area contributed by atoms with Crippen molar-refractivity contribution in [1.29, 1.82) is 0 Å². The number of hydrogen-bond donors (Lipinski definition) is 4. The van der Waals surface area contributed by atoms with E-state index in [1.807, 2.05) is 0 Å². The van der Waals surface area contributed by atoms with Crippen molar-refractivity contribution >= 4 is 104 Å². The van der Waals surface area contributed by atoms with Crippen molar-refractivity contribution in [2.24, 2.45) is 5.92 Å². The number of aromatic amines is 4. The van der Waals surface area contributed by atoms with Gasteiger partial charge in [-0.05, 0) is 195 Å². The van der Waals surface area contributed by atoms with E-state index in [1.165, 1.54) is 17.7 Å². The van der Waals surface area contributed by atoms with Gasteiger partial charge in [0.25, 0.3) is 0 Å². The Labute approximate surface area is 558 Å². The second-order valence-corrected chi connectivity index (χ2v) is 26.1. The van der Waals surface area contributed by atoms with Gasteiger partial charge in [-0.2, -0.15) is 0 Å². The maximum Gasteiger partial charge on any atom is 0.182 e. The molecular weight excluding hydrogens is 1180 g/mol. The van der Waals surface area contributed by atoms with Crippen molar-refractivity contribution < 1.29 is 9.59 Å². The minimum atomic E-state index is -0.106. The smallest absolute Gasteiger partial charge is 0.182 e. The number of fused-ring (bicyclic) bond motifs is 16. The quantitative estimate of drug-likeness (QED) is 0.0593.